The predicted molar refractivity (Wildman–Crippen MR) is 59.7 cm³/mol. The molecule has 1 heterocycles. The summed E-state index contributed by atoms with van der Waals surface area (Å²) < 4.78 is 0.866. The Morgan fingerprint density at radius 1 is 1.29 bits per heavy atom. The number of alkyl halides is 2. The third kappa shape index (κ3) is 2.22. The molecule has 1 aromatic rings. The number of likely N-dealkylation sites (N-methyl/N-ethyl adjacent to an activating group) is 1. The Kier molecular flexibility index (Phi) is 4.72. The summed E-state index contributed by atoms with van der Waals surface area (Å²) >= 11 is 0.346. The van der Waals surface area contributed by atoms with Crippen molar-refractivity contribution in [3.63, 3.8) is 0 Å². The zero-order chi connectivity index (χ0) is 10.6. The van der Waals surface area contributed by atoms with Crippen LogP contribution in [0.1, 0.15) is 23.3 Å². The van der Waals surface area contributed by atoms with Crippen LogP contribution < -0.4 is 26.1 Å². The van der Waals surface area contributed by atoms with E-state index in [0.717, 1.165) is 3.92 Å². The average Bonchev–Trinajstić information content (AvgIpc) is 2.59. The van der Waals surface area contributed by atoms with E-state index in [1.165, 1.54) is 12.2 Å². The summed E-state index contributed by atoms with van der Waals surface area (Å²) in [4.78, 5) is 4.75. The quantitative estimate of drug-likeness (QED) is 0.518. The summed E-state index contributed by atoms with van der Waals surface area (Å²) in [6.45, 7) is 5.24. The number of hydrogen-bond acceptors (Lipinski definition) is 1. The van der Waals surface area contributed by atoms with E-state index in [1.807, 2.05) is 13.8 Å². The van der Waals surface area contributed by atoms with Gasteiger partial charge in [0.1, 0.15) is 0 Å². The normalized spacial score (nSPS) is 18.9. The van der Waals surface area contributed by atoms with Crippen LogP contribution in [-0.2, 0) is 0 Å². The Bertz CT molecular complexity index is 285. The van der Waals surface area contributed by atoms with Crippen LogP contribution in [0.3, 0.4) is 0 Å². The molecule has 1 aromatic carbocycles. The Hall–Kier alpha value is -0.250. The average molecular weight is 304 g/mol. The van der Waals surface area contributed by atoms with E-state index in [0.29, 0.717) is 21.2 Å². The Balaban J connectivity index is 0.000000461. The molecule has 1 nitrogen and oxygen atoms in total. The molecule has 0 saturated carbocycles. The molecule has 2 heteroatoms. The van der Waals surface area contributed by atoms with E-state index in [-0.39, 0.29) is 0 Å². The molecular weight excluding hydrogens is 285 g/mol. The first-order valence-corrected chi connectivity index (χ1v) is 8.51. The predicted octanol–water partition coefficient (Wildman–Crippen LogP) is -0.0775. The van der Waals surface area contributed by atoms with E-state index in [2.05, 4.69) is 41.1 Å². The number of anilines is 1. The molecule has 1 unspecified atom stereocenters. The molecule has 1 aliphatic heterocycles. The van der Waals surface area contributed by atoms with Crippen LogP contribution in [0.4, 0.5) is 5.69 Å². The summed E-state index contributed by atoms with van der Waals surface area (Å²) in [6.07, 6.45) is 0. The van der Waals surface area contributed by atoms with Crippen molar-refractivity contribution in [2.45, 2.75) is 17.8 Å². The summed E-state index contributed by atoms with van der Waals surface area (Å²) in [5, 5.41) is 0. The molecule has 80 valence electrons. The van der Waals surface area contributed by atoms with Gasteiger partial charge in [-0.2, -0.15) is 0 Å². The fourth-order valence-corrected chi connectivity index (χ4v) is 3.91. The SMILES string of the molecule is CC.C[I-]C1CN(C)c2ccccc21. The number of rotatable bonds is 1. The first kappa shape index (κ1) is 11.8. The third-order valence-electron chi connectivity index (χ3n) is 2.38. The second-order valence-corrected chi connectivity index (χ2v) is 5.87. The van der Waals surface area contributed by atoms with Gasteiger partial charge in [-0.05, 0) is 0 Å². The molecule has 0 N–H and O–H groups in total. The summed E-state index contributed by atoms with van der Waals surface area (Å²) in [5.74, 6) is 0. The molecule has 0 aliphatic carbocycles. The van der Waals surface area contributed by atoms with E-state index in [1.54, 1.807) is 5.56 Å². The standard InChI is InChI=1S/C10H13IN.C2H6/c1-11-9-7-12(2)10-6-4-3-5-8(9)10;1-2/h3-6,9H,7H2,1-2H3;1-2H3/q-1;. The Labute approximate surface area is 97.8 Å². The maximum atomic E-state index is 2.38. The summed E-state index contributed by atoms with van der Waals surface area (Å²) in [5.41, 5.74) is 3.03. The van der Waals surface area contributed by atoms with Crippen LogP contribution in [0.5, 0.6) is 0 Å². The maximum absolute atomic E-state index is 2.38. The molecule has 0 spiro atoms. The van der Waals surface area contributed by atoms with Gasteiger partial charge >= 0.3 is 84.1 Å². The van der Waals surface area contributed by atoms with Crippen molar-refractivity contribution in [3.05, 3.63) is 29.8 Å². The van der Waals surface area contributed by atoms with Gasteiger partial charge in [0.2, 0.25) is 0 Å². The fourth-order valence-electron chi connectivity index (χ4n) is 1.72. The van der Waals surface area contributed by atoms with Crippen molar-refractivity contribution < 1.29 is 21.2 Å². The Morgan fingerprint density at radius 3 is 2.57 bits per heavy atom. The van der Waals surface area contributed by atoms with Crippen LogP contribution >= 0.6 is 0 Å². The number of benzene rings is 1. The van der Waals surface area contributed by atoms with Gasteiger partial charge in [0.25, 0.3) is 0 Å². The molecule has 0 aromatic heterocycles. The van der Waals surface area contributed by atoms with Gasteiger partial charge in [-0.15, -0.1) is 0 Å². The van der Waals surface area contributed by atoms with Crippen LogP contribution in [0.25, 0.3) is 0 Å². The van der Waals surface area contributed by atoms with Gasteiger partial charge in [0, 0.05) is 0 Å². The van der Waals surface area contributed by atoms with Crippen LogP contribution in [-0.4, -0.2) is 18.5 Å². The van der Waals surface area contributed by atoms with Crippen molar-refractivity contribution >= 4 is 5.69 Å². The molecule has 0 radical (unpaired) electrons. The van der Waals surface area contributed by atoms with Crippen molar-refractivity contribution in [1.29, 1.82) is 0 Å². The molecule has 0 amide bonds. The second-order valence-electron chi connectivity index (χ2n) is 3.13. The third-order valence-corrected chi connectivity index (χ3v) is 4.95. The van der Waals surface area contributed by atoms with Crippen molar-refractivity contribution in [2.75, 3.05) is 23.4 Å². The Morgan fingerprint density at radius 2 is 1.93 bits per heavy atom. The topological polar surface area (TPSA) is 3.24 Å². The molecule has 0 fully saturated rings. The van der Waals surface area contributed by atoms with E-state index in [9.17, 15) is 0 Å². The van der Waals surface area contributed by atoms with Gasteiger partial charge in [-0.3, -0.25) is 0 Å². The fraction of sp³-hybridized carbons (Fsp3) is 0.500. The molecule has 2 rings (SSSR count). The van der Waals surface area contributed by atoms with Crippen molar-refractivity contribution in [3.8, 4) is 0 Å². The number of fused-ring (bicyclic) bond motifs is 1. The minimum absolute atomic E-state index is 0.346. The number of hydrogen-bond donors (Lipinski definition) is 0. The molecule has 1 aliphatic rings. The van der Waals surface area contributed by atoms with Crippen LogP contribution in [0.2, 0.25) is 0 Å². The van der Waals surface area contributed by atoms with Gasteiger partial charge in [0.15, 0.2) is 0 Å². The van der Waals surface area contributed by atoms with Crippen molar-refractivity contribution in [2.24, 2.45) is 0 Å². The van der Waals surface area contributed by atoms with Gasteiger partial charge in [0.05, 0.1) is 0 Å². The molecule has 0 saturated heterocycles. The zero-order valence-corrected chi connectivity index (χ0v) is 11.6. The van der Waals surface area contributed by atoms with Gasteiger partial charge in [-0.25, -0.2) is 0 Å². The molecular formula is C12H19IN-. The molecule has 14 heavy (non-hydrogen) atoms. The number of halogens is 1. The number of para-hydroxylation sites is 1. The van der Waals surface area contributed by atoms with E-state index >= 15 is 0 Å². The first-order valence-electron chi connectivity index (χ1n) is 5.11. The zero-order valence-electron chi connectivity index (χ0n) is 9.42. The van der Waals surface area contributed by atoms with Gasteiger partial charge < -0.3 is 0 Å². The van der Waals surface area contributed by atoms with Gasteiger partial charge in [-0.1, -0.05) is 13.8 Å². The molecule has 0 bridgehead atoms. The first-order chi connectivity index (χ1) is 6.83. The monoisotopic (exact) mass is 304 g/mol. The summed E-state index contributed by atoms with van der Waals surface area (Å²) in [7, 11) is 2.19. The van der Waals surface area contributed by atoms with E-state index < -0.39 is 0 Å². The minimum atomic E-state index is 0.346. The second kappa shape index (κ2) is 5.59. The van der Waals surface area contributed by atoms with Crippen LogP contribution in [0.15, 0.2) is 24.3 Å². The summed E-state index contributed by atoms with van der Waals surface area (Å²) in [6, 6.07) is 8.80. The number of nitrogens with zero attached hydrogens (tertiary/aromatic N) is 1. The van der Waals surface area contributed by atoms with Crippen molar-refractivity contribution in [1.82, 2.24) is 0 Å². The molecule has 1 atom stereocenters. The van der Waals surface area contributed by atoms with E-state index in [4.69, 9.17) is 0 Å². The van der Waals surface area contributed by atoms with Crippen LogP contribution in [0, 0.1) is 0 Å².